The molecule has 0 atom stereocenters. The molecule has 2 aromatic heterocycles. The third-order valence-corrected chi connectivity index (χ3v) is 5.59. The van der Waals surface area contributed by atoms with Gasteiger partial charge in [-0.05, 0) is 25.7 Å². The molecule has 0 aliphatic heterocycles. The van der Waals surface area contributed by atoms with E-state index >= 15 is 0 Å². The van der Waals surface area contributed by atoms with Crippen LogP contribution in [0.3, 0.4) is 0 Å². The maximum absolute atomic E-state index is 14.9. The van der Waals surface area contributed by atoms with Gasteiger partial charge < -0.3 is 9.47 Å². The van der Waals surface area contributed by atoms with Crippen molar-refractivity contribution in [3.63, 3.8) is 0 Å². The van der Waals surface area contributed by atoms with Crippen LogP contribution < -0.4 is 4.74 Å². The number of carbonyl (C=O) groups excluding carboxylic acids is 1. The molecule has 0 spiro atoms. The van der Waals surface area contributed by atoms with Crippen LogP contribution >= 0.6 is 11.6 Å². The third kappa shape index (κ3) is 3.69. The highest BCUT2D eigenvalue weighted by atomic mass is 35.5. The maximum Gasteiger partial charge on any atom is 0.302 e. The molecule has 1 fully saturated rings. The molecule has 10 heteroatoms. The van der Waals surface area contributed by atoms with Gasteiger partial charge in [-0.2, -0.15) is 15.1 Å². The van der Waals surface area contributed by atoms with Crippen LogP contribution in [0, 0.1) is 11.6 Å². The molecular weight excluding hydrogens is 418 g/mol. The molecular formula is C20H19ClF2N4O3. The fraction of sp³-hybridized carbons (Fsp3) is 0.400. The van der Waals surface area contributed by atoms with E-state index in [9.17, 15) is 13.6 Å². The summed E-state index contributed by atoms with van der Waals surface area (Å²) in [4.78, 5) is 19.5. The Labute approximate surface area is 176 Å². The van der Waals surface area contributed by atoms with E-state index in [0.29, 0.717) is 31.4 Å². The molecule has 0 N–H and O–H groups in total. The number of nitrogens with zero attached hydrogens (tertiary/aromatic N) is 4. The van der Waals surface area contributed by atoms with Gasteiger partial charge in [-0.15, -0.1) is 0 Å². The summed E-state index contributed by atoms with van der Waals surface area (Å²) < 4.78 is 41.6. The van der Waals surface area contributed by atoms with Gasteiger partial charge in [0.15, 0.2) is 0 Å². The first kappa shape index (κ1) is 20.5. The van der Waals surface area contributed by atoms with Gasteiger partial charge in [-0.1, -0.05) is 11.6 Å². The minimum Gasteiger partial charge on any atom is -0.497 e. The summed E-state index contributed by atoms with van der Waals surface area (Å²) in [5, 5.41) is 4.15. The van der Waals surface area contributed by atoms with Crippen LogP contribution in [0.4, 0.5) is 8.78 Å². The van der Waals surface area contributed by atoms with Gasteiger partial charge >= 0.3 is 5.97 Å². The van der Waals surface area contributed by atoms with E-state index in [1.807, 2.05) is 0 Å². The van der Waals surface area contributed by atoms with Gasteiger partial charge in [0.05, 0.1) is 18.4 Å². The van der Waals surface area contributed by atoms with Crippen molar-refractivity contribution >= 4 is 23.3 Å². The van der Waals surface area contributed by atoms with Gasteiger partial charge in [0.1, 0.15) is 35.0 Å². The Kier molecular flexibility index (Phi) is 5.55. The molecule has 3 aromatic rings. The van der Waals surface area contributed by atoms with Crippen LogP contribution in [-0.4, -0.2) is 38.8 Å². The largest absolute Gasteiger partial charge is 0.497 e. The van der Waals surface area contributed by atoms with Crippen molar-refractivity contribution in [2.45, 2.75) is 44.6 Å². The van der Waals surface area contributed by atoms with Gasteiger partial charge in [-0.3, -0.25) is 4.79 Å². The molecule has 0 unspecified atom stereocenters. The summed E-state index contributed by atoms with van der Waals surface area (Å²) in [5.74, 6) is -1.78. The lowest BCUT2D eigenvalue weighted by molar-refractivity contribution is -0.147. The third-order valence-electron chi connectivity index (χ3n) is 5.31. The summed E-state index contributed by atoms with van der Waals surface area (Å²) in [7, 11) is 1.33. The number of halogens is 3. The smallest absolute Gasteiger partial charge is 0.302 e. The Morgan fingerprint density at radius 2 is 1.83 bits per heavy atom. The molecule has 1 aromatic carbocycles. The molecule has 30 heavy (non-hydrogen) atoms. The SMILES string of the molecule is COc1cc(F)c(-c2c(Cl)nc3ncnn3c2C2CCC(OC(C)=O)CC2)c(F)c1. The molecule has 1 aliphatic carbocycles. The lowest BCUT2D eigenvalue weighted by Crippen LogP contribution is -2.24. The van der Waals surface area contributed by atoms with Crippen molar-refractivity contribution in [1.29, 1.82) is 0 Å². The first-order chi connectivity index (χ1) is 14.4. The summed E-state index contributed by atoms with van der Waals surface area (Å²) in [5.41, 5.74) is 0.387. The fourth-order valence-corrected chi connectivity index (χ4v) is 4.31. The number of carbonyl (C=O) groups is 1. The van der Waals surface area contributed by atoms with E-state index in [0.717, 1.165) is 12.1 Å². The highest BCUT2D eigenvalue weighted by molar-refractivity contribution is 6.32. The molecule has 0 bridgehead atoms. The van der Waals surface area contributed by atoms with E-state index < -0.39 is 11.6 Å². The first-order valence-electron chi connectivity index (χ1n) is 9.48. The standard InChI is InChI=1S/C20H19ClF2N4O3/c1-10(28)30-12-5-3-11(4-6-12)18-17(19(21)26-20-24-9-25-27(18)20)16-14(22)7-13(29-2)8-15(16)23/h7-9,11-12H,3-6H2,1-2H3. The van der Waals surface area contributed by atoms with Crippen molar-refractivity contribution < 1.29 is 23.0 Å². The van der Waals surface area contributed by atoms with Crippen molar-refractivity contribution in [3.05, 3.63) is 40.9 Å². The molecule has 2 heterocycles. The lowest BCUT2D eigenvalue weighted by atomic mass is 9.82. The summed E-state index contributed by atoms with van der Waals surface area (Å²) in [6, 6.07) is 2.20. The second-order valence-electron chi connectivity index (χ2n) is 7.18. The van der Waals surface area contributed by atoms with E-state index in [1.165, 1.54) is 24.9 Å². The zero-order chi connectivity index (χ0) is 21.4. The van der Waals surface area contributed by atoms with E-state index in [-0.39, 0.29) is 45.8 Å². The summed E-state index contributed by atoms with van der Waals surface area (Å²) in [6.45, 7) is 1.38. The zero-order valence-corrected chi connectivity index (χ0v) is 17.1. The van der Waals surface area contributed by atoms with E-state index in [4.69, 9.17) is 21.1 Å². The Hall–Kier alpha value is -2.81. The molecule has 0 amide bonds. The minimum absolute atomic E-state index is 0.0584. The molecule has 7 nitrogen and oxygen atoms in total. The van der Waals surface area contributed by atoms with Crippen LogP contribution in [0.25, 0.3) is 16.9 Å². The lowest BCUT2D eigenvalue weighted by Gasteiger charge is -2.29. The Morgan fingerprint density at radius 3 is 2.43 bits per heavy atom. The second kappa shape index (κ2) is 8.14. The highest BCUT2D eigenvalue weighted by Gasteiger charge is 2.32. The fourth-order valence-electron chi connectivity index (χ4n) is 4.04. The Balaban J connectivity index is 1.84. The van der Waals surface area contributed by atoms with Gasteiger partial charge in [0.2, 0.25) is 0 Å². The Morgan fingerprint density at radius 1 is 1.17 bits per heavy atom. The van der Waals surface area contributed by atoms with Crippen molar-refractivity contribution in [2.75, 3.05) is 7.11 Å². The molecule has 1 aliphatic rings. The number of rotatable bonds is 4. The quantitative estimate of drug-likeness (QED) is 0.447. The van der Waals surface area contributed by atoms with E-state index in [1.54, 1.807) is 0 Å². The summed E-state index contributed by atoms with van der Waals surface area (Å²) >= 11 is 6.41. The highest BCUT2D eigenvalue weighted by Crippen LogP contribution is 2.43. The van der Waals surface area contributed by atoms with Crippen molar-refractivity contribution in [3.8, 4) is 16.9 Å². The Bertz CT molecular complexity index is 1090. The normalized spacial score (nSPS) is 19.1. The molecule has 158 valence electrons. The second-order valence-corrected chi connectivity index (χ2v) is 7.54. The average molecular weight is 437 g/mol. The number of hydrogen-bond acceptors (Lipinski definition) is 6. The molecule has 0 radical (unpaired) electrons. The van der Waals surface area contributed by atoms with Crippen molar-refractivity contribution in [1.82, 2.24) is 19.6 Å². The molecule has 0 saturated heterocycles. The summed E-state index contributed by atoms with van der Waals surface area (Å²) in [6.07, 6.45) is 3.62. The number of esters is 1. The van der Waals surface area contributed by atoms with Crippen LogP contribution in [0.5, 0.6) is 5.75 Å². The maximum atomic E-state index is 14.9. The monoisotopic (exact) mass is 436 g/mol. The van der Waals surface area contributed by atoms with Crippen molar-refractivity contribution in [2.24, 2.45) is 0 Å². The van der Waals surface area contributed by atoms with E-state index in [2.05, 4.69) is 15.1 Å². The number of hydrogen-bond donors (Lipinski definition) is 0. The number of benzene rings is 1. The number of fused-ring (bicyclic) bond motifs is 1. The number of ether oxygens (including phenoxy) is 2. The minimum atomic E-state index is -0.815. The predicted octanol–water partition coefficient (Wildman–Crippen LogP) is 4.32. The van der Waals surface area contributed by atoms with Crippen LogP contribution in [0.2, 0.25) is 5.15 Å². The molecule has 1 saturated carbocycles. The number of methoxy groups -OCH3 is 1. The average Bonchev–Trinajstić information content (AvgIpc) is 3.15. The topological polar surface area (TPSA) is 78.6 Å². The van der Waals surface area contributed by atoms with Gasteiger partial charge in [0.25, 0.3) is 5.78 Å². The first-order valence-corrected chi connectivity index (χ1v) is 9.86. The zero-order valence-electron chi connectivity index (χ0n) is 16.4. The predicted molar refractivity (Wildman–Crippen MR) is 104 cm³/mol. The van der Waals surface area contributed by atoms with Crippen LogP contribution in [0.15, 0.2) is 18.5 Å². The van der Waals surface area contributed by atoms with Gasteiger partial charge in [0, 0.05) is 30.5 Å². The van der Waals surface area contributed by atoms with Gasteiger partial charge in [-0.25, -0.2) is 13.3 Å². The molecule has 4 rings (SSSR count). The number of aromatic nitrogens is 4. The van der Waals surface area contributed by atoms with Crippen LogP contribution in [-0.2, 0) is 9.53 Å². The van der Waals surface area contributed by atoms with Crippen LogP contribution in [0.1, 0.15) is 44.2 Å².